The second kappa shape index (κ2) is 6.16. The maximum atomic E-state index is 12.6. The van der Waals surface area contributed by atoms with Crippen molar-refractivity contribution in [3.05, 3.63) is 30.3 Å². The van der Waals surface area contributed by atoms with E-state index in [1.54, 1.807) is 45.0 Å². The molecule has 9 heteroatoms. The van der Waals surface area contributed by atoms with Crippen molar-refractivity contribution in [3.8, 4) is 0 Å². The van der Waals surface area contributed by atoms with Gasteiger partial charge in [0.05, 0.1) is 0 Å². The van der Waals surface area contributed by atoms with Gasteiger partial charge in [0.15, 0.2) is 0 Å². The minimum Gasteiger partial charge on any atom is -0.443 e. The molecule has 0 radical (unpaired) electrons. The van der Waals surface area contributed by atoms with E-state index in [2.05, 4.69) is 4.84 Å². The summed E-state index contributed by atoms with van der Waals surface area (Å²) in [6.45, 7) is 5.60. The number of fused-ring (bicyclic) bond motifs is 1. The van der Waals surface area contributed by atoms with Gasteiger partial charge in [-0.25, -0.2) is 9.59 Å². The average Bonchev–Trinajstić information content (AvgIpc) is 2.87. The maximum Gasteiger partial charge on any atom is 0.459 e. The molecule has 0 saturated heterocycles. The van der Waals surface area contributed by atoms with Gasteiger partial charge in [0.1, 0.15) is 11.2 Å². The van der Waals surface area contributed by atoms with Gasteiger partial charge >= 0.3 is 22.1 Å². The average molecular weight is 355 g/mol. The van der Waals surface area contributed by atoms with Crippen LogP contribution in [-0.2, 0) is 24.4 Å². The fourth-order valence-corrected chi connectivity index (χ4v) is 2.84. The molecule has 1 aromatic heterocycles. The van der Waals surface area contributed by atoms with Crippen LogP contribution in [0, 0.1) is 0 Å². The lowest BCUT2D eigenvalue weighted by Crippen LogP contribution is -2.41. The lowest BCUT2D eigenvalue weighted by atomic mass is 10.2. The topological polar surface area (TPSA) is 103 Å². The molecule has 0 aliphatic rings. The number of para-hydroxylation sites is 1. The number of furan rings is 1. The third kappa shape index (κ3) is 3.85. The van der Waals surface area contributed by atoms with Crippen molar-refractivity contribution >= 4 is 33.1 Å². The first kappa shape index (κ1) is 17.8. The number of amides is 1. The SMILES string of the molecule is CC(=O)ON(C(=O)OC(C)(C)C)S(=O)(=O)c1cc2ccccc2o1. The molecule has 0 aliphatic carbocycles. The molecule has 0 fully saturated rings. The lowest BCUT2D eigenvalue weighted by Gasteiger charge is -2.24. The van der Waals surface area contributed by atoms with Gasteiger partial charge in [-0.2, -0.15) is 8.42 Å². The van der Waals surface area contributed by atoms with Crippen molar-refractivity contribution in [2.45, 2.75) is 38.4 Å². The number of carbonyl (C=O) groups excluding carboxylic acids is 2. The first-order valence-electron chi connectivity index (χ1n) is 6.96. The van der Waals surface area contributed by atoms with E-state index in [1.807, 2.05) is 0 Å². The quantitative estimate of drug-likeness (QED) is 0.763. The lowest BCUT2D eigenvalue weighted by molar-refractivity contribution is -0.164. The van der Waals surface area contributed by atoms with Crippen molar-refractivity contribution in [2.24, 2.45) is 0 Å². The first-order chi connectivity index (χ1) is 11.0. The Morgan fingerprint density at radius 2 is 1.79 bits per heavy atom. The van der Waals surface area contributed by atoms with E-state index in [4.69, 9.17) is 9.15 Å². The van der Waals surface area contributed by atoms with Crippen LogP contribution in [0.5, 0.6) is 0 Å². The number of hydrogen-bond donors (Lipinski definition) is 0. The Labute approximate surface area is 138 Å². The summed E-state index contributed by atoms with van der Waals surface area (Å²) in [5, 5.41) is -0.0288. The van der Waals surface area contributed by atoms with E-state index < -0.39 is 32.8 Å². The molecule has 1 amide bonds. The van der Waals surface area contributed by atoms with Crippen LogP contribution in [0.1, 0.15) is 27.7 Å². The molecule has 0 atom stereocenters. The van der Waals surface area contributed by atoms with E-state index in [1.165, 1.54) is 6.07 Å². The third-order valence-electron chi connectivity index (χ3n) is 2.63. The van der Waals surface area contributed by atoms with E-state index in [0.717, 1.165) is 6.92 Å². The largest absolute Gasteiger partial charge is 0.459 e. The van der Waals surface area contributed by atoms with Crippen molar-refractivity contribution < 1.29 is 32.0 Å². The summed E-state index contributed by atoms with van der Waals surface area (Å²) >= 11 is 0. The van der Waals surface area contributed by atoms with Crippen LogP contribution in [0.25, 0.3) is 11.0 Å². The molecule has 0 aliphatic heterocycles. The summed E-state index contributed by atoms with van der Waals surface area (Å²) in [5.41, 5.74) is -0.679. The van der Waals surface area contributed by atoms with Crippen molar-refractivity contribution in [3.63, 3.8) is 0 Å². The van der Waals surface area contributed by atoms with E-state index in [0.29, 0.717) is 11.0 Å². The number of hydrogen-bond acceptors (Lipinski definition) is 7. The fraction of sp³-hybridized carbons (Fsp3) is 0.333. The molecule has 0 unspecified atom stereocenters. The van der Waals surface area contributed by atoms with Gasteiger partial charge in [0.2, 0.25) is 5.09 Å². The molecule has 24 heavy (non-hydrogen) atoms. The smallest absolute Gasteiger partial charge is 0.443 e. The standard InChI is InChI=1S/C15H17NO7S/c1-10(17)23-16(14(18)22-15(2,3)4)24(19,20)13-9-11-7-5-6-8-12(11)21-13/h5-9H,1-4H3. The predicted octanol–water partition coefficient (Wildman–Crippen LogP) is 2.84. The highest BCUT2D eigenvalue weighted by Crippen LogP contribution is 2.26. The molecule has 2 rings (SSSR count). The van der Waals surface area contributed by atoms with Gasteiger partial charge in [-0.1, -0.05) is 18.2 Å². The van der Waals surface area contributed by atoms with Gasteiger partial charge in [-0.05, 0) is 31.3 Å². The van der Waals surface area contributed by atoms with Crippen LogP contribution < -0.4 is 0 Å². The van der Waals surface area contributed by atoms with Crippen molar-refractivity contribution in [1.29, 1.82) is 0 Å². The van der Waals surface area contributed by atoms with Crippen LogP contribution in [0.4, 0.5) is 4.79 Å². The Kier molecular flexibility index (Phi) is 4.57. The normalized spacial score (nSPS) is 12.0. The van der Waals surface area contributed by atoms with Gasteiger partial charge in [0, 0.05) is 18.4 Å². The number of sulfonamides is 1. The Morgan fingerprint density at radius 3 is 2.33 bits per heavy atom. The van der Waals surface area contributed by atoms with Crippen LogP contribution in [0.3, 0.4) is 0 Å². The summed E-state index contributed by atoms with van der Waals surface area (Å²) in [5.74, 6) is -0.999. The number of hydroxylamine groups is 1. The maximum absolute atomic E-state index is 12.6. The van der Waals surface area contributed by atoms with Crippen LogP contribution >= 0.6 is 0 Å². The number of ether oxygens (including phenoxy) is 1. The summed E-state index contributed by atoms with van der Waals surface area (Å²) in [6, 6.07) is 7.80. The van der Waals surface area contributed by atoms with E-state index in [9.17, 15) is 18.0 Å². The molecule has 0 spiro atoms. The van der Waals surface area contributed by atoms with Crippen LogP contribution in [0.15, 0.2) is 39.8 Å². The van der Waals surface area contributed by atoms with Gasteiger partial charge in [0.25, 0.3) is 0 Å². The molecule has 2 aromatic rings. The summed E-state index contributed by atoms with van der Waals surface area (Å²) in [4.78, 5) is 27.9. The second-order valence-corrected chi connectivity index (χ2v) is 7.58. The Morgan fingerprint density at radius 1 is 1.17 bits per heavy atom. The monoisotopic (exact) mass is 355 g/mol. The molecule has 0 bridgehead atoms. The summed E-state index contributed by atoms with van der Waals surface area (Å²) < 4.78 is 35.3. The highest BCUT2D eigenvalue weighted by atomic mass is 32.2. The zero-order chi connectivity index (χ0) is 18.1. The molecule has 1 heterocycles. The zero-order valence-electron chi connectivity index (χ0n) is 13.6. The molecular formula is C15H17NO7S. The molecular weight excluding hydrogens is 338 g/mol. The van der Waals surface area contributed by atoms with Gasteiger partial charge in [-0.3, -0.25) is 0 Å². The molecule has 0 saturated carbocycles. The Bertz CT molecular complexity index is 844. The third-order valence-corrected chi connectivity index (χ3v) is 4.00. The molecule has 8 nitrogen and oxygen atoms in total. The number of carbonyl (C=O) groups is 2. The van der Waals surface area contributed by atoms with Crippen LogP contribution in [0.2, 0.25) is 0 Å². The second-order valence-electron chi connectivity index (χ2n) is 5.90. The minimum absolute atomic E-state index is 0.113. The Balaban J connectivity index is 2.46. The zero-order valence-corrected chi connectivity index (χ0v) is 14.4. The molecule has 0 N–H and O–H groups in total. The predicted molar refractivity (Wildman–Crippen MR) is 83.2 cm³/mol. The fourth-order valence-electron chi connectivity index (χ4n) is 1.77. The van der Waals surface area contributed by atoms with Crippen molar-refractivity contribution in [2.75, 3.05) is 0 Å². The number of rotatable bonds is 2. The first-order valence-corrected chi connectivity index (χ1v) is 8.40. The van der Waals surface area contributed by atoms with Crippen molar-refractivity contribution in [1.82, 2.24) is 4.47 Å². The van der Waals surface area contributed by atoms with E-state index >= 15 is 0 Å². The van der Waals surface area contributed by atoms with Gasteiger partial charge < -0.3 is 14.0 Å². The van der Waals surface area contributed by atoms with E-state index in [-0.39, 0.29) is 4.47 Å². The summed E-state index contributed by atoms with van der Waals surface area (Å²) in [7, 11) is -4.58. The highest BCUT2D eigenvalue weighted by molar-refractivity contribution is 7.89. The molecule has 1 aromatic carbocycles. The highest BCUT2D eigenvalue weighted by Gasteiger charge is 2.38. The molecule has 130 valence electrons. The van der Waals surface area contributed by atoms with Crippen LogP contribution in [-0.4, -0.2) is 30.5 Å². The Hall–Kier alpha value is -2.55. The number of benzene rings is 1. The van der Waals surface area contributed by atoms with Gasteiger partial charge in [-0.15, -0.1) is 0 Å². The summed E-state index contributed by atoms with van der Waals surface area (Å²) in [6.07, 6.45) is -1.35. The number of nitrogens with zero attached hydrogens (tertiary/aromatic N) is 1. The minimum atomic E-state index is -4.58.